The topological polar surface area (TPSA) is 49.2 Å². The highest BCUT2D eigenvalue weighted by molar-refractivity contribution is 7.99. The van der Waals surface area contributed by atoms with Gasteiger partial charge in [0.1, 0.15) is 5.75 Å². The lowest BCUT2D eigenvalue weighted by atomic mass is 10.2. The highest BCUT2D eigenvalue weighted by Crippen LogP contribution is 2.33. The Morgan fingerprint density at radius 3 is 2.71 bits per heavy atom. The lowest BCUT2D eigenvalue weighted by molar-refractivity contribution is 0.129. The molecule has 0 aliphatic carbocycles. The summed E-state index contributed by atoms with van der Waals surface area (Å²) in [6, 6.07) is 15.7. The van der Waals surface area contributed by atoms with Crippen molar-refractivity contribution >= 4 is 23.4 Å². The van der Waals surface area contributed by atoms with Crippen LogP contribution in [0.25, 0.3) is 17.1 Å². The molecule has 4 rings (SSSR count). The number of nitrogens with zero attached hydrogens (tertiary/aromatic N) is 3. The normalized spacial score (nSPS) is 16.4. The van der Waals surface area contributed by atoms with E-state index in [1.54, 1.807) is 11.8 Å². The predicted octanol–water partition coefficient (Wildman–Crippen LogP) is 5.26. The van der Waals surface area contributed by atoms with Crippen LogP contribution in [0.5, 0.6) is 5.75 Å². The number of benzene rings is 2. The van der Waals surface area contributed by atoms with Crippen LogP contribution >= 0.6 is 23.4 Å². The van der Waals surface area contributed by atoms with E-state index in [9.17, 15) is 0 Å². The molecule has 1 aliphatic heterocycles. The fourth-order valence-corrected chi connectivity index (χ4v) is 4.45. The minimum atomic E-state index is 0.277. The fourth-order valence-electron chi connectivity index (χ4n) is 3.21. The van der Waals surface area contributed by atoms with Gasteiger partial charge in [0, 0.05) is 23.6 Å². The predicted molar refractivity (Wildman–Crippen MR) is 113 cm³/mol. The van der Waals surface area contributed by atoms with Gasteiger partial charge in [-0.25, -0.2) is 0 Å². The molecule has 0 bridgehead atoms. The van der Waals surface area contributed by atoms with Gasteiger partial charge in [-0.3, -0.25) is 4.57 Å². The van der Waals surface area contributed by atoms with Crippen LogP contribution in [0.1, 0.15) is 19.8 Å². The second-order valence-electron chi connectivity index (χ2n) is 6.49. The summed E-state index contributed by atoms with van der Waals surface area (Å²) in [6.07, 6.45) is 2.50. The largest absolute Gasteiger partial charge is 0.494 e. The standard InChI is InChI=1S/C21H22ClN3O2S/c1-2-26-16-11-9-15(10-12-16)25-20(18-7-3-4-8-19(18)22)23-24-21(25)28-14-17-6-5-13-27-17/h3-4,7-12,17H,2,5-6,13-14H2,1H3. The minimum absolute atomic E-state index is 0.277. The molecule has 1 saturated heterocycles. The highest BCUT2D eigenvalue weighted by atomic mass is 35.5. The molecule has 5 nitrogen and oxygen atoms in total. The first-order chi connectivity index (χ1) is 13.8. The van der Waals surface area contributed by atoms with Gasteiger partial charge in [0.2, 0.25) is 0 Å². The Morgan fingerprint density at radius 2 is 2.00 bits per heavy atom. The molecule has 28 heavy (non-hydrogen) atoms. The Kier molecular flexibility index (Phi) is 6.20. The van der Waals surface area contributed by atoms with E-state index in [0.717, 1.165) is 53.2 Å². The highest BCUT2D eigenvalue weighted by Gasteiger charge is 2.21. The third kappa shape index (κ3) is 4.19. The van der Waals surface area contributed by atoms with Crippen LogP contribution in [0.15, 0.2) is 53.7 Å². The molecule has 0 saturated carbocycles. The number of aromatic nitrogens is 3. The summed E-state index contributed by atoms with van der Waals surface area (Å²) in [6.45, 7) is 3.46. The molecule has 3 aromatic rings. The summed E-state index contributed by atoms with van der Waals surface area (Å²) in [5.74, 6) is 2.43. The van der Waals surface area contributed by atoms with Crippen molar-refractivity contribution in [3.63, 3.8) is 0 Å². The van der Waals surface area contributed by atoms with E-state index in [1.165, 1.54) is 0 Å². The van der Waals surface area contributed by atoms with Crippen molar-refractivity contribution in [3.05, 3.63) is 53.6 Å². The molecule has 0 radical (unpaired) electrons. The summed E-state index contributed by atoms with van der Waals surface area (Å²) in [5, 5.41) is 10.4. The van der Waals surface area contributed by atoms with E-state index in [-0.39, 0.29) is 6.10 Å². The Morgan fingerprint density at radius 1 is 1.18 bits per heavy atom. The smallest absolute Gasteiger partial charge is 0.196 e. The van der Waals surface area contributed by atoms with Gasteiger partial charge in [-0.05, 0) is 56.2 Å². The summed E-state index contributed by atoms with van der Waals surface area (Å²) in [5.41, 5.74) is 1.83. The van der Waals surface area contributed by atoms with E-state index in [0.29, 0.717) is 11.6 Å². The van der Waals surface area contributed by atoms with Gasteiger partial charge < -0.3 is 9.47 Å². The SMILES string of the molecule is CCOc1ccc(-n2c(SCC3CCCO3)nnc2-c2ccccc2Cl)cc1. The molecule has 0 N–H and O–H groups in total. The van der Waals surface area contributed by atoms with Gasteiger partial charge in [-0.15, -0.1) is 10.2 Å². The van der Waals surface area contributed by atoms with Gasteiger partial charge >= 0.3 is 0 Å². The molecule has 1 aliphatic rings. The Balaban J connectivity index is 1.71. The van der Waals surface area contributed by atoms with Gasteiger partial charge in [-0.1, -0.05) is 35.5 Å². The molecule has 0 amide bonds. The molecule has 1 fully saturated rings. The van der Waals surface area contributed by atoms with Gasteiger partial charge in [-0.2, -0.15) is 0 Å². The average molecular weight is 416 g/mol. The number of ether oxygens (including phenoxy) is 2. The number of hydrogen-bond acceptors (Lipinski definition) is 5. The van der Waals surface area contributed by atoms with Crippen LogP contribution in [-0.4, -0.2) is 39.8 Å². The molecule has 1 unspecified atom stereocenters. The van der Waals surface area contributed by atoms with Crippen molar-refractivity contribution < 1.29 is 9.47 Å². The maximum Gasteiger partial charge on any atom is 0.196 e. The van der Waals surface area contributed by atoms with Crippen molar-refractivity contribution in [3.8, 4) is 22.8 Å². The molecule has 146 valence electrons. The first-order valence-corrected chi connectivity index (χ1v) is 10.8. The average Bonchev–Trinajstić information content (AvgIpc) is 3.37. The first-order valence-electron chi connectivity index (χ1n) is 9.44. The van der Waals surface area contributed by atoms with E-state index in [1.807, 2.05) is 55.5 Å². The van der Waals surface area contributed by atoms with Crippen LogP contribution in [0, 0.1) is 0 Å². The zero-order valence-corrected chi connectivity index (χ0v) is 17.2. The molecule has 2 heterocycles. The zero-order valence-electron chi connectivity index (χ0n) is 15.7. The molecular formula is C21H22ClN3O2S. The fraction of sp³-hybridized carbons (Fsp3) is 0.333. The second-order valence-corrected chi connectivity index (χ2v) is 7.89. The molecule has 1 atom stereocenters. The summed E-state index contributed by atoms with van der Waals surface area (Å²) in [7, 11) is 0. The third-order valence-corrected chi connectivity index (χ3v) is 5.97. The monoisotopic (exact) mass is 415 g/mol. The molecular weight excluding hydrogens is 394 g/mol. The number of thioether (sulfide) groups is 1. The maximum atomic E-state index is 6.45. The van der Waals surface area contributed by atoms with Gasteiger partial charge in [0.15, 0.2) is 11.0 Å². The van der Waals surface area contributed by atoms with E-state index >= 15 is 0 Å². The second kappa shape index (κ2) is 8.99. The maximum absolute atomic E-state index is 6.45. The number of rotatable bonds is 7. The number of hydrogen-bond donors (Lipinski definition) is 0. The van der Waals surface area contributed by atoms with Crippen molar-refractivity contribution in [1.29, 1.82) is 0 Å². The van der Waals surface area contributed by atoms with Gasteiger partial charge in [0.25, 0.3) is 0 Å². The summed E-state index contributed by atoms with van der Waals surface area (Å²) in [4.78, 5) is 0. The molecule has 2 aromatic carbocycles. The Hall–Kier alpha value is -2.02. The van der Waals surface area contributed by atoms with Crippen molar-refractivity contribution in [2.75, 3.05) is 19.0 Å². The quantitative estimate of drug-likeness (QED) is 0.493. The summed E-state index contributed by atoms with van der Waals surface area (Å²) >= 11 is 8.11. The van der Waals surface area contributed by atoms with Crippen LogP contribution in [0.4, 0.5) is 0 Å². The molecule has 1 aromatic heterocycles. The van der Waals surface area contributed by atoms with Crippen LogP contribution in [0.3, 0.4) is 0 Å². The van der Waals surface area contributed by atoms with E-state index in [4.69, 9.17) is 21.1 Å². The van der Waals surface area contributed by atoms with Crippen LogP contribution < -0.4 is 4.74 Å². The van der Waals surface area contributed by atoms with Crippen LogP contribution in [0.2, 0.25) is 5.02 Å². The van der Waals surface area contributed by atoms with Crippen molar-refractivity contribution in [2.24, 2.45) is 0 Å². The lowest BCUT2D eigenvalue weighted by Gasteiger charge is -2.13. The van der Waals surface area contributed by atoms with Crippen molar-refractivity contribution in [1.82, 2.24) is 14.8 Å². The lowest BCUT2D eigenvalue weighted by Crippen LogP contribution is -2.09. The minimum Gasteiger partial charge on any atom is -0.494 e. The van der Waals surface area contributed by atoms with E-state index in [2.05, 4.69) is 14.8 Å². The Bertz CT molecular complexity index is 924. The van der Waals surface area contributed by atoms with Crippen LogP contribution in [-0.2, 0) is 4.74 Å². The first kappa shape index (κ1) is 19.3. The summed E-state index contributed by atoms with van der Waals surface area (Å²) < 4.78 is 13.4. The molecule has 0 spiro atoms. The van der Waals surface area contributed by atoms with Gasteiger partial charge in [0.05, 0.1) is 17.7 Å². The molecule has 7 heteroatoms. The third-order valence-electron chi connectivity index (χ3n) is 4.58. The van der Waals surface area contributed by atoms with E-state index < -0.39 is 0 Å². The number of halogens is 1. The zero-order chi connectivity index (χ0) is 19.3. The Labute approximate surface area is 174 Å². The van der Waals surface area contributed by atoms with Crippen molar-refractivity contribution in [2.45, 2.75) is 31.0 Å².